The fourth-order valence-electron chi connectivity index (χ4n) is 0.889. The van der Waals surface area contributed by atoms with Gasteiger partial charge in [-0.3, -0.25) is 0 Å². The van der Waals surface area contributed by atoms with Crippen LogP contribution in [0.1, 0.15) is 24.1 Å². The molecule has 1 N–H and O–H groups in total. The average molecular weight is 186 g/mol. The molecular formula is C11H10N2O. The molecule has 0 fully saturated rings. The topological polar surface area (TPSA) is 56.9 Å². The van der Waals surface area contributed by atoms with Crippen molar-refractivity contribution in [2.45, 2.75) is 12.8 Å². The molecule has 0 atom stereocenters. The molecule has 0 aliphatic heterocycles. The summed E-state index contributed by atoms with van der Waals surface area (Å²) in [5.41, 5.74) is 1.16. The number of nitrogens with zero attached hydrogens (tertiary/aromatic N) is 2. The van der Waals surface area contributed by atoms with Crippen molar-refractivity contribution in [1.29, 1.82) is 5.26 Å². The zero-order chi connectivity index (χ0) is 10.2. The third-order valence-corrected chi connectivity index (χ3v) is 1.57. The first kappa shape index (κ1) is 10.2. The Morgan fingerprint density at radius 2 is 2.36 bits per heavy atom. The maximum Gasteiger partial charge on any atom is 0.114 e. The Kier molecular flexibility index (Phi) is 4.20. The first-order chi connectivity index (χ1) is 6.86. The number of aliphatic hydroxyl groups is 1. The molecule has 0 saturated heterocycles. The number of hydrogen-bond donors (Lipinski definition) is 1. The van der Waals surface area contributed by atoms with E-state index >= 15 is 0 Å². The molecule has 1 heterocycles. The van der Waals surface area contributed by atoms with Crippen molar-refractivity contribution in [1.82, 2.24) is 4.98 Å². The molecule has 0 aromatic carbocycles. The molecule has 1 aromatic heterocycles. The molecular weight excluding hydrogens is 176 g/mol. The molecule has 0 radical (unpaired) electrons. The summed E-state index contributed by atoms with van der Waals surface area (Å²) in [5.74, 6) is 5.70. The molecule has 1 aromatic rings. The molecule has 3 heteroatoms. The van der Waals surface area contributed by atoms with E-state index in [1.807, 2.05) is 6.07 Å². The van der Waals surface area contributed by atoms with Gasteiger partial charge in [-0.2, -0.15) is 5.26 Å². The lowest BCUT2D eigenvalue weighted by atomic mass is 10.2. The summed E-state index contributed by atoms with van der Waals surface area (Å²) < 4.78 is 0. The van der Waals surface area contributed by atoms with Crippen molar-refractivity contribution in [2.75, 3.05) is 6.61 Å². The van der Waals surface area contributed by atoms with E-state index < -0.39 is 0 Å². The zero-order valence-corrected chi connectivity index (χ0v) is 7.70. The van der Waals surface area contributed by atoms with E-state index in [2.05, 4.69) is 16.8 Å². The van der Waals surface area contributed by atoms with Crippen LogP contribution in [0, 0.1) is 23.2 Å². The third kappa shape index (κ3) is 3.26. The van der Waals surface area contributed by atoms with Gasteiger partial charge in [0.05, 0.1) is 11.6 Å². The zero-order valence-electron chi connectivity index (χ0n) is 7.70. The van der Waals surface area contributed by atoms with Gasteiger partial charge in [-0.15, -0.1) is 0 Å². The largest absolute Gasteiger partial charge is 0.396 e. The summed E-state index contributed by atoms with van der Waals surface area (Å²) in [6.07, 6.45) is 2.88. The molecule has 0 saturated carbocycles. The number of unbranched alkanes of at least 4 members (excludes halogenated alkanes) is 1. The second-order valence-electron chi connectivity index (χ2n) is 2.67. The van der Waals surface area contributed by atoms with E-state index in [1.165, 1.54) is 0 Å². The van der Waals surface area contributed by atoms with Gasteiger partial charge in [0.1, 0.15) is 5.69 Å². The van der Waals surface area contributed by atoms with Crippen LogP contribution in [-0.2, 0) is 0 Å². The summed E-state index contributed by atoms with van der Waals surface area (Å²) in [6, 6.07) is 5.30. The summed E-state index contributed by atoms with van der Waals surface area (Å²) in [5, 5.41) is 17.1. The number of aromatic nitrogens is 1. The number of nitriles is 1. The Morgan fingerprint density at radius 3 is 3.07 bits per heavy atom. The first-order valence-electron chi connectivity index (χ1n) is 4.32. The van der Waals surface area contributed by atoms with Gasteiger partial charge >= 0.3 is 0 Å². The molecule has 14 heavy (non-hydrogen) atoms. The number of hydrogen-bond acceptors (Lipinski definition) is 3. The molecule has 0 aliphatic carbocycles. The Bertz CT molecular complexity index is 396. The standard InChI is InChI=1S/C11H10N2O/c12-9-10-5-6-13-11(8-10)4-2-1-3-7-14/h5-6,8,14H,1,3,7H2. The van der Waals surface area contributed by atoms with Crippen LogP contribution in [0.15, 0.2) is 18.3 Å². The highest BCUT2D eigenvalue weighted by Crippen LogP contribution is 1.98. The predicted octanol–water partition coefficient (Wildman–Crippen LogP) is 1.08. The smallest absolute Gasteiger partial charge is 0.114 e. The second kappa shape index (κ2) is 5.75. The molecule has 0 unspecified atom stereocenters. The van der Waals surface area contributed by atoms with Gasteiger partial charge in [0.15, 0.2) is 0 Å². The van der Waals surface area contributed by atoms with E-state index in [-0.39, 0.29) is 6.61 Å². The van der Waals surface area contributed by atoms with Crippen molar-refractivity contribution < 1.29 is 5.11 Å². The molecule has 70 valence electrons. The number of aliphatic hydroxyl groups excluding tert-OH is 1. The van der Waals surface area contributed by atoms with Crippen molar-refractivity contribution in [2.24, 2.45) is 0 Å². The molecule has 1 rings (SSSR count). The molecule has 0 spiro atoms. The fourth-order valence-corrected chi connectivity index (χ4v) is 0.889. The fraction of sp³-hybridized carbons (Fsp3) is 0.273. The lowest BCUT2D eigenvalue weighted by Crippen LogP contribution is -1.84. The second-order valence-corrected chi connectivity index (χ2v) is 2.67. The first-order valence-corrected chi connectivity index (χ1v) is 4.32. The molecule has 0 bridgehead atoms. The summed E-state index contributed by atoms with van der Waals surface area (Å²) in [4.78, 5) is 4.00. The van der Waals surface area contributed by atoms with Crippen LogP contribution in [-0.4, -0.2) is 16.7 Å². The summed E-state index contributed by atoms with van der Waals surface area (Å²) >= 11 is 0. The Hall–Kier alpha value is -1.84. The van der Waals surface area contributed by atoms with Crippen LogP contribution in [0.3, 0.4) is 0 Å². The summed E-state index contributed by atoms with van der Waals surface area (Å²) in [6.45, 7) is 0.153. The lowest BCUT2D eigenvalue weighted by Gasteiger charge is -1.89. The van der Waals surface area contributed by atoms with Gasteiger partial charge < -0.3 is 5.11 Å². The van der Waals surface area contributed by atoms with Gasteiger partial charge in [0, 0.05) is 19.2 Å². The van der Waals surface area contributed by atoms with E-state index in [0.717, 1.165) is 0 Å². The third-order valence-electron chi connectivity index (χ3n) is 1.57. The SMILES string of the molecule is N#Cc1ccnc(C#CCCCO)c1. The van der Waals surface area contributed by atoms with Crippen LogP contribution in [0.25, 0.3) is 0 Å². The van der Waals surface area contributed by atoms with Crippen molar-refractivity contribution in [3.8, 4) is 17.9 Å². The van der Waals surface area contributed by atoms with E-state index in [4.69, 9.17) is 10.4 Å². The molecule has 0 aliphatic rings. The maximum atomic E-state index is 8.61. The maximum absolute atomic E-state index is 8.61. The highest BCUT2D eigenvalue weighted by molar-refractivity contribution is 5.36. The van der Waals surface area contributed by atoms with Gasteiger partial charge in [0.2, 0.25) is 0 Å². The summed E-state index contributed by atoms with van der Waals surface area (Å²) in [7, 11) is 0. The van der Waals surface area contributed by atoms with Crippen LogP contribution in [0.4, 0.5) is 0 Å². The Labute approximate surface area is 83.0 Å². The van der Waals surface area contributed by atoms with Crippen molar-refractivity contribution >= 4 is 0 Å². The number of rotatable bonds is 2. The highest BCUT2D eigenvalue weighted by atomic mass is 16.2. The van der Waals surface area contributed by atoms with Crippen LogP contribution in [0.5, 0.6) is 0 Å². The Balaban J connectivity index is 2.66. The van der Waals surface area contributed by atoms with E-state index in [0.29, 0.717) is 24.1 Å². The molecule has 3 nitrogen and oxygen atoms in total. The minimum Gasteiger partial charge on any atom is -0.396 e. The van der Waals surface area contributed by atoms with Crippen LogP contribution in [0.2, 0.25) is 0 Å². The minimum absolute atomic E-state index is 0.153. The Morgan fingerprint density at radius 1 is 1.50 bits per heavy atom. The van der Waals surface area contributed by atoms with Crippen LogP contribution >= 0.6 is 0 Å². The predicted molar refractivity (Wildman–Crippen MR) is 52.1 cm³/mol. The van der Waals surface area contributed by atoms with Gasteiger partial charge in [0.25, 0.3) is 0 Å². The highest BCUT2D eigenvalue weighted by Gasteiger charge is 1.91. The minimum atomic E-state index is 0.153. The van der Waals surface area contributed by atoms with Crippen molar-refractivity contribution in [3.05, 3.63) is 29.6 Å². The molecule has 0 amide bonds. The van der Waals surface area contributed by atoms with Crippen molar-refractivity contribution in [3.63, 3.8) is 0 Å². The van der Waals surface area contributed by atoms with E-state index in [9.17, 15) is 0 Å². The quantitative estimate of drug-likeness (QED) is 0.555. The monoisotopic (exact) mass is 186 g/mol. The van der Waals surface area contributed by atoms with Gasteiger partial charge in [-0.25, -0.2) is 4.98 Å². The van der Waals surface area contributed by atoms with Gasteiger partial charge in [-0.1, -0.05) is 5.92 Å². The lowest BCUT2D eigenvalue weighted by molar-refractivity contribution is 0.290. The number of pyridine rings is 1. The van der Waals surface area contributed by atoms with Gasteiger partial charge in [-0.05, 0) is 24.5 Å². The normalized spacial score (nSPS) is 8.57. The van der Waals surface area contributed by atoms with E-state index in [1.54, 1.807) is 18.3 Å². The average Bonchev–Trinajstić information content (AvgIpc) is 2.25. The van der Waals surface area contributed by atoms with Crippen LogP contribution < -0.4 is 0 Å².